The number of anilines is 1. The van der Waals surface area contributed by atoms with Crippen LogP contribution in [0.5, 0.6) is 0 Å². The van der Waals surface area contributed by atoms with E-state index in [-0.39, 0.29) is 5.89 Å². The summed E-state index contributed by atoms with van der Waals surface area (Å²) >= 11 is 6.10. The number of nitrogen functional groups attached to an aromatic ring is 1. The van der Waals surface area contributed by atoms with Crippen molar-refractivity contribution in [3.05, 3.63) is 35.6 Å². The minimum Gasteiger partial charge on any atom is -0.398 e. The molecule has 3 aromatic rings. The molecule has 6 nitrogen and oxygen atoms in total. The lowest BCUT2D eigenvalue weighted by Crippen LogP contribution is -1.93. The van der Waals surface area contributed by atoms with Gasteiger partial charge in [-0.3, -0.25) is 0 Å². The maximum atomic E-state index is 6.10. The van der Waals surface area contributed by atoms with E-state index in [0.29, 0.717) is 27.9 Å². The summed E-state index contributed by atoms with van der Waals surface area (Å²) in [5, 5.41) is 4.36. The zero-order valence-electron chi connectivity index (χ0n) is 10.0. The first kappa shape index (κ1) is 11.7. The van der Waals surface area contributed by atoms with E-state index in [1.165, 1.54) is 0 Å². The molecule has 0 radical (unpaired) electrons. The van der Waals surface area contributed by atoms with E-state index in [2.05, 4.69) is 15.1 Å². The summed E-state index contributed by atoms with van der Waals surface area (Å²) in [5.41, 5.74) is 6.91. The van der Waals surface area contributed by atoms with E-state index < -0.39 is 0 Å². The zero-order chi connectivity index (χ0) is 13.4. The van der Waals surface area contributed by atoms with Crippen molar-refractivity contribution in [1.82, 2.24) is 19.7 Å². The summed E-state index contributed by atoms with van der Waals surface area (Å²) < 4.78 is 7.01. The summed E-state index contributed by atoms with van der Waals surface area (Å²) in [6.45, 7) is 0. The number of nitrogens with zero attached hydrogens (tertiary/aromatic N) is 4. The molecule has 0 atom stereocenters. The predicted molar refractivity (Wildman–Crippen MR) is 71.4 cm³/mol. The highest BCUT2D eigenvalue weighted by Gasteiger charge is 2.17. The third kappa shape index (κ3) is 1.96. The molecule has 2 aromatic heterocycles. The highest BCUT2D eigenvalue weighted by atomic mass is 35.5. The minimum atomic E-state index is 0.279. The standard InChI is InChI=1S/C12H10ClN5O/c1-18-6-5-15-11(18)10-16-12(19-17-10)9-7(13)3-2-4-8(9)14/h2-6H,14H2,1H3. The van der Waals surface area contributed by atoms with E-state index in [9.17, 15) is 0 Å². The predicted octanol–water partition coefficient (Wildman–Crippen LogP) is 2.37. The molecule has 0 amide bonds. The summed E-state index contributed by atoms with van der Waals surface area (Å²) in [6.07, 6.45) is 3.46. The fourth-order valence-corrected chi connectivity index (χ4v) is 2.03. The van der Waals surface area contributed by atoms with Crippen LogP contribution in [0.4, 0.5) is 5.69 Å². The van der Waals surface area contributed by atoms with Crippen LogP contribution in [0.1, 0.15) is 0 Å². The number of benzene rings is 1. The average Bonchev–Trinajstić information content (AvgIpc) is 2.98. The van der Waals surface area contributed by atoms with Crippen molar-refractivity contribution in [2.24, 2.45) is 7.05 Å². The molecular formula is C12H10ClN5O. The van der Waals surface area contributed by atoms with Gasteiger partial charge < -0.3 is 14.8 Å². The summed E-state index contributed by atoms with van der Waals surface area (Å²) in [4.78, 5) is 8.43. The number of halogens is 1. The van der Waals surface area contributed by atoms with Crippen molar-refractivity contribution in [3.63, 3.8) is 0 Å². The Kier molecular flexibility index (Phi) is 2.72. The lowest BCUT2D eigenvalue weighted by atomic mass is 10.2. The lowest BCUT2D eigenvalue weighted by Gasteiger charge is -2.01. The number of aryl methyl sites for hydroxylation is 1. The zero-order valence-corrected chi connectivity index (χ0v) is 10.8. The molecule has 19 heavy (non-hydrogen) atoms. The van der Waals surface area contributed by atoms with Gasteiger partial charge in [-0.05, 0) is 12.1 Å². The van der Waals surface area contributed by atoms with Crippen LogP contribution in [0.2, 0.25) is 5.02 Å². The second-order valence-electron chi connectivity index (χ2n) is 3.99. The van der Waals surface area contributed by atoms with Crippen molar-refractivity contribution in [2.75, 3.05) is 5.73 Å². The maximum absolute atomic E-state index is 6.10. The Morgan fingerprint density at radius 2 is 2.21 bits per heavy atom. The number of imidazole rings is 1. The molecule has 96 valence electrons. The molecule has 0 aliphatic rings. The summed E-state index contributed by atoms with van der Waals surface area (Å²) in [5.74, 6) is 1.28. The molecule has 0 spiro atoms. The van der Waals surface area contributed by atoms with Gasteiger partial charge in [-0.25, -0.2) is 4.98 Å². The number of hydrogen-bond acceptors (Lipinski definition) is 5. The molecule has 0 aliphatic carbocycles. The van der Waals surface area contributed by atoms with Crippen molar-refractivity contribution < 1.29 is 4.52 Å². The Morgan fingerprint density at radius 1 is 1.37 bits per heavy atom. The summed E-state index contributed by atoms with van der Waals surface area (Å²) in [7, 11) is 1.85. The van der Waals surface area contributed by atoms with Crippen LogP contribution in [-0.2, 0) is 7.05 Å². The monoisotopic (exact) mass is 275 g/mol. The Hall–Kier alpha value is -2.34. The van der Waals surface area contributed by atoms with Gasteiger partial charge >= 0.3 is 0 Å². The molecule has 1 aromatic carbocycles. The smallest absolute Gasteiger partial charge is 0.261 e. The van der Waals surface area contributed by atoms with E-state index >= 15 is 0 Å². The molecule has 0 aliphatic heterocycles. The first-order valence-corrected chi connectivity index (χ1v) is 5.90. The highest BCUT2D eigenvalue weighted by molar-refractivity contribution is 6.33. The van der Waals surface area contributed by atoms with Crippen LogP contribution in [0, 0.1) is 0 Å². The van der Waals surface area contributed by atoms with E-state index in [1.54, 1.807) is 35.2 Å². The van der Waals surface area contributed by atoms with Gasteiger partial charge in [-0.15, -0.1) is 0 Å². The van der Waals surface area contributed by atoms with Crippen LogP contribution in [-0.4, -0.2) is 19.7 Å². The first-order valence-electron chi connectivity index (χ1n) is 5.52. The molecule has 2 N–H and O–H groups in total. The van der Waals surface area contributed by atoms with Crippen molar-refractivity contribution in [3.8, 4) is 23.1 Å². The van der Waals surface area contributed by atoms with Gasteiger partial charge in [0.2, 0.25) is 5.82 Å². The van der Waals surface area contributed by atoms with Gasteiger partial charge in [0.15, 0.2) is 5.82 Å². The molecule has 0 saturated heterocycles. The van der Waals surface area contributed by atoms with Gasteiger partial charge in [0.25, 0.3) is 5.89 Å². The van der Waals surface area contributed by atoms with Crippen LogP contribution >= 0.6 is 11.6 Å². The third-order valence-electron chi connectivity index (χ3n) is 2.71. The largest absolute Gasteiger partial charge is 0.398 e. The van der Waals surface area contributed by atoms with Crippen LogP contribution < -0.4 is 5.73 Å². The minimum absolute atomic E-state index is 0.279. The van der Waals surface area contributed by atoms with Crippen LogP contribution in [0.3, 0.4) is 0 Å². The Morgan fingerprint density at radius 3 is 2.89 bits per heavy atom. The molecule has 0 fully saturated rings. The second kappa shape index (κ2) is 4.40. The second-order valence-corrected chi connectivity index (χ2v) is 4.40. The van der Waals surface area contributed by atoms with Crippen molar-refractivity contribution in [1.29, 1.82) is 0 Å². The van der Waals surface area contributed by atoms with Gasteiger partial charge in [0, 0.05) is 25.1 Å². The van der Waals surface area contributed by atoms with Crippen molar-refractivity contribution in [2.45, 2.75) is 0 Å². The normalized spacial score (nSPS) is 10.8. The summed E-state index contributed by atoms with van der Waals surface area (Å²) in [6, 6.07) is 5.21. The highest BCUT2D eigenvalue weighted by Crippen LogP contribution is 2.32. The Labute approximate surface area is 113 Å². The molecular weight excluding hydrogens is 266 g/mol. The maximum Gasteiger partial charge on any atom is 0.261 e. The molecule has 0 unspecified atom stereocenters. The quantitative estimate of drug-likeness (QED) is 0.726. The lowest BCUT2D eigenvalue weighted by molar-refractivity contribution is 0.432. The average molecular weight is 276 g/mol. The van der Waals surface area contributed by atoms with E-state index in [0.717, 1.165) is 0 Å². The first-order chi connectivity index (χ1) is 9.16. The van der Waals surface area contributed by atoms with Gasteiger partial charge in [-0.2, -0.15) is 4.98 Å². The fourth-order valence-electron chi connectivity index (χ4n) is 1.76. The Bertz CT molecular complexity index is 713. The van der Waals surface area contributed by atoms with Gasteiger partial charge in [0.1, 0.15) is 0 Å². The topological polar surface area (TPSA) is 82.8 Å². The molecule has 3 rings (SSSR count). The molecule has 7 heteroatoms. The number of aromatic nitrogens is 4. The molecule has 0 bridgehead atoms. The fraction of sp³-hybridized carbons (Fsp3) is 0.0833. The SMILES string of the molecule is Cn1ccnc1-c1noc(-c2c(N)cccc2Cl)n1. The number of hydrogen-bond donors (Lipinski definition) is 1. The third-order valence-corrected chi connectivity index (χ3v) is 3.02. The molecule has 2 heterocycles. The molecule has 0 saturated carbocycles. The van der Waals surface area contributed by atoms with Crippen LogP contribution in [0.15, 0.2) is 35.1 Å². The van der Waals surface area contributed by atoms with E-state index in [1.807, 2.05) is 7.05 Å². The number of rotatable bonds is 2. The van der Waals surface area contributed by atoms with Crippen LogP contribution in [0.25, 0.3) is 23.1 Å². The van der Waals surface area contributed by atoms with Crippen molar-refractivity contribution >= 4 is 17.3 Å². The Balaban J connectivity index is 2.10. The number of nitrogens with two attached hydrogens (primary N) is 1. The van der Waals surface area contributed by atoms with E-state index in [4.69, 9.17) is 21.9 Å². The van der Waals surface area contributed by atoms with Gasteiger partial charge in [0.05, 0.1) is 10.6 Å². The van der Waals surface area contributed by atoms with Gasteiger partial charge in [-0.1, -0.05) is 22.8 Å².